The summed E-state index contributed by atoms with van der Waals surface area (Å²) >= 11 is 3.21. The molecular weight excluding hydrogens is 300 g/mol. The van der Waals surface area contributed by atoms with Crippen molar-refractivity contribution in [3.63, 3.8) is 0 Å². The highest BCUT2D eigenvalue weighted by Gasteiger charge is 2.18. The Morgan fingerprint density at radius 2 is 2.16 bits per heavy atom. The summed E-state index contributed by atoms with van der Waals surface area (Å²) in [5, 5.41) is 4.89. The van der Waals surface area contributed by atoms with E-state index in [0.717, 1.165) is 29.5 Å². The molecule has 0 spiro atoms. The fourth-order valence-electron chi connectivity index (χ4n) is 1.50. The van der Waals surface area contributed by atoms with E-state index in [1.165, 1.54) is 11.3 Å². The van der Waals surface area contributed by atoms with Crippen molar-refractivity contribution < 1.29 is 8.42 Å². The van der Waals surface area contributed by atoms with Crippen molar-refractivity contribution in [1.29, 1.82) is 0 Å². The molecule has 19 heavy (non-hydrogen) atoms. The Hall–Kier alpha value is -0.0800. The van der Waals surface area contributed by atoms with Crippen LogP contribution in [-0.4, -0.2) is 32.5 Å². The van der Waals surface area contributed by atoms with Gasteiger partial charge in [-0.2, -0.15) is 11.8 Å². The van der Waals surface area contributed by atoms with E-state index in [0.29, 0.717) is 4.90 Å². The zero-order valence-corrected chi connectivity index (χ0v) is 14.1. The molecule has 110 valence electrons. The molecule has 1 heterocycles. The highest BCUT2D eigenvalue weighted by molar-refractivity contribution is 7.99. The third-order valence-corrected chi connectivity index (χ3v) is 6.22. The Morgan fingerprint density at radius 1 is 1.42 bits per heavy atom. The summed E-state index contributed by atoms with van der Waals surface area (Å²) in [6, 6.07) is 1.70. The van der Waals surface area contributed by atoms with Crippen LogP contribution in [0.2, 0.25) is 0 Å². The molecule has 2 N–H and O–H groups in total. The van der Waals surface area contributed by atoms with Crippen LogP contribution in [0.1, 0.15) is 25.6 Å². The van der Waals surface area contributed by atoms with E-state index in [2.05, 4.69) is 17.0 Å². The average Bonchev–Trinajstić information content (AvgIpc) is 2.83. The van der Waals surface area contributed by atoms with Crippen LogP contribution in [0.3, 0.4) is 0 Å². The van der Waals surface area contributed by atoms with Gasteiger partial charge in [0, 0.05) is 28.6 Å². The summed E-state index contributed by atoms with van der Waals surface area (Å²) in [4.78, 5) is 1.41. The second kappa shape index (κ2) is 8.26. The number of nitrogens with one attached hydrogen (secondary N) is 2. The summed E-state index contributed by atoms with van der Waals surface area (Å²) in [6.45, 7) is 7.59. The van der Waals surface area contributed by atoms with Gasteiger partial charge in [-0.15, -0.1) is 11.3 Å². The molecule has 1 unspecified atom stereocenters. The minimum Gasteiger partial charge on any atom is -0.312 e. The fraction of sp³-hybridized carbons (Fsp3) is 0.667. The highest BCUT2D eigenvalue weighted by atomic mass is 32.2. The molecule has 0 bridgehead atoms. The van der Waals surface area contributed by atoms with Gasteiger partial charge in [0.2, 0.25) is 10.0 Å². The second-order valence-electron chi connectivity index (χ2n) is 4.21. The minimum atomic E-state index is -3.37. The van der Waals surface area contributed by atoms with Crippen LogP contribution in [-0.2, 0) is 16.6 Å². The maximum absolute atomic E-state index is 12.2. The molecule has 0 saturated heterocycles. The van der Waals surface area contributed by atoms with Gasteiger partial charge in [-0.05, 0) is 25.3 Å². The van der Waals surface area contributed by atoms with Gasteiger partial charge in [0.15, 0.2) is 0 Å². The number of thioether (sulfide) groups is 1. The molecule has 0 aliphatic heterocycles. The Morgan fingerprint density at radius 3 is 2.79 bits per heavy atom. The summed E-state index contributed by atoms with van der Waals surface area (Å²) in [7, 11) is -3.37. The number of hydrogen-bond donors (Lipinski definition) is 2. The largest absolute Gasteiger partial charge is 0.312 e. The molecule has 0 aromatic carbocycles. The molecule has 1 rings (SSSR count). The fourth-order valence-corrected chi connectivity index (χ4v) is 4.77. The van der Waals surface area contributed by atoms with Crippen LogP contribution < -0.4 is 10.0 Å². The normalized spacial score (nSPS) is 13.6. The monoisotopic (exact) mass is 322 g/mol. The van der Waals surface area contributed by atoms with E-state index >= 15 is 0 Å². The van der Waals surface area contributed by atoms with Crippen molar-refractivity contribution in [3.8, 4) is 0 Å². The van der Waals surface area contributed by atoms with E-state index in [4.69, 9.17) is 0 Å². The lowest BCUT2D eigenvalue weighted by Crippen LogP contribution is -2.34. The lowest BCUT2D eigenvalue weighted by Gasteiger charge is -2.12. The van der Waals surface area contributed by atoms with Gasteiger partial charge in [0.25, 0.3) is 0 Å². The van der Waals surface area contributed by atoms with Crippen molar-refractivity contribution in [3.05, 3.63) is 16.3 Å². The molecule has 1 atom stereocenters. The van der Waals surface area contributed by atoms with Gasteiger partial charge < -0.3 is 5.32 Å². The van der Waals surface area contributed by atoms with E-state index in [1.54, 1.807) is 23.2 Å². The zero-order chi connectivity index (χ0) is 14.3. The third-order valence-electron chi connectivity index (χ3n) is 2.42. The van der Waals surface area contributed by atoms with Gasteiger partial charge in [-0.1, -0.05) is 13.8 Å². The summed E-state index contributed by atoms with van der Waals surface area (Å²) in [5.74, 6) is 1.79. The van der Waals surface area contributed by atoms with Gasteiger partial charge in [0.05, 0.1) is 4.90 Å². The Bertz CT molecular complexity index is 471. The lowest BCUT2D eigenvalue weighted by molar-refractivity contribution is 0.571. The van der Waals surface area contributed by atoms with Gasteiger partial charge in [-0.3, -0.25) is 0 Å². The second-order valence-corrected chi connectivity index (χ2v) is 8.24. The predicted octanol–water partition coefficient (Wildman–Crippen LogP) is 2.28. The number of rotatable bonds is 9. The van der Waals surface area contributed by atoms with Gasteiger partial charge >= 0.3 is 0 Å². The van der Waals surface area contributed by atoms with E-state index in [9.17, 15) is 8.42 Å². The summed E-state index contributed by atoms with van der Waals surface area (Å²) in [5.41, 5.74) is 0. The van der Waals surface area contributed by atoms with Crippen molar-refractivity contribution in [2.75, 3.05) is 18.1 Å². The van der Waals surface area contributed by atoms with Crippen LogP contribution in [0.15, 0.2) is 16.3 Å². The molecular formula is C12H22N2O2S3. The highest BCUT2D eigenvalue weighted by Crippen LogP contribution is 2.19. The standard InChI is InChI=1S/C12H22N2O2S3/c1-4-13-7-11-6-12(9-18-11)19(15,16)14-10(3)8-17-5-2/h6,9-10,13-14H,4-5,7-8H2,1-3H3. The molecule has 7 heteroatoms. The van der Waals surface area contributed by atoms with Gasteiger partial charge in [-0.25, -0.2) is 13.1 Å². The smallest absolute Gasteiger partial charge is 0.241 e. The third kappa shape index (κ3) is 5.83. The van der Waals surface area contributed by atoms with E-state index < -0.39 is 10.0 Å². The maximum Gasteiger partial charge on any atom is 0.241 e. The van der Waals surface area contributed by atoms with Crippen molar-refractivity contribution >= 4 is 33.1 Å². The molecule has 1 aromatic rings. The molecule has 0 aliphatic carbocycles. The molecule has 0 saturated carbocycles. The molecule has 0 radical (unpaired) electrons. The quantitative estimate of drug-likeness (QED) is 0.732. The van der Waals surface area contributed by atoms with Crippen LogP contribution in [0, 0.1) is 0 Å². The van der Waals surface area contributed by atoms with Crippen molar-refractivity contribution in [1.82, 2.24) is 10.0 Å². The molecule has 0 aliphatic rings. The summed E-state index contributed by atoms with van der Waals surface area (Å²) < 4.78 is 27.0. The van der Waals surface area contributed by atoms with Crippen molar-refractivity contribution in [2.24, 2.45) is 0 Å². The van der Waals surface area contributed by atoms with Gasteiger partial charge in [0.1, 0.15) is 0 Å². The predicted molar refractivity (Wildman–Crippen MR) is 84.5 cm³/mol. The van der Waals surface area contributed by atoms with Crippen LogP contribution >= 0.6 is 23.1 Å². The molecule has 1 aromatic heterocycles. The number of thiophene rings is 1. The first-order valence-electron chi connectivity index (χ1n) is 6.37. The van der Waals surface area contributed by atoms with E-state index in [1.807, 2.05) is 13.8 Å². The average molecular weight is 323 g/mol. The van der Waals surface area contributed by atoms with Crippen LogP contribution in [0.4, 0.5) is 0 Å². The molecule has 0 amide bonds. The van der Waals surface area contributed by atoms with Crippen LogP contribution in [0.25, 0.3) is 0 Å². The first-order chi connectivity index (χ1) is 8.99. The Labute approximate surface area is 124 Å². The summed E-state index contributed by atoms with van der Waals surface area (Å²) in [6.07, 6.45) is 0. The molecule has 4 nitrogen and oxygen atoms in total. The molecule has 0 fully saturated rings. The SMILES string of the molecule is CCNCc1cc(S(=O)(=O)NC(C)CSCC)cs1. The first-order valence-corrected chi connectivity index (χ1v) is 9.89. The topological polar surface area (TPSA) is 58.2 Å². The zero-order valence-electron chi connectivity index (χ0n) is 11.6. The first kappa shape index (κ1) is 17.0. The Kier molecular flexibility index (Phi) is 7.38. The van der Waals surface area contributed by atoms with Crippen LogP contribution in [0.5, 0.6) is 0 Å². The number of sulfonamides is 1. The lowest BCUT2D eigenvalue weighted by atomic mass is 10.4. The maximum atomic E-state index is 12.2. The number of hydrogen-bond acceptors (Lipinski definition) is 5. The Balaban J connectivity index is 2.63. The minimum absolute atomic E-state index is 0.0490. The van der Waals surface area contributed by atoms with Crippen molar-refractivity contribution in [2.45, 2.75) is 38.3 Å². The van der Waals surface area contributed by atoms with E-state index in [-0.39, 0.29) is 6.04 Å².